The quantitative estimate of drug-likeness (QED) is 0.0540. The fourth-order valence-corrected chi connectivity index (χ4v) is 10.3. The standard InChI is InChI=1S/C54H83N11O9S/c1-9-23-65(54(73)42(35(6)10-2)27-47(68)45-14-12-13-24-64(45)8)46(34(4)5)28-48(74-11-3)53-61-44(33-75-53)52(72)60-39(25-36(7)43-32-58-63-62-43)26-37-15-17-38(18-16-37)59-50(70)22-20-41(67)30-56-49(69)21-19-40(66)31-57-51(71)29-55/h15-18,33-36,39,42,45-46,48H,9-14,19-32,55H2,1-8H3,(H,56,69)(H,57,71)(H,59,70)(H,60,72)/t35-,36-,39+,42-,45+,46+,48+/m0/s1. The lowest BCUT2D eigenvalue weighted by molar-refractivity contribution is -0.145. The van der Waals surface area contributed by atoms with Gasteiger partial charge in [-0.25, -0.2) is 4.98 Å². The van der Waals surface area contributed by atoms with Crippen molar-refractivity contribution in [3.8, 4) is 0 Å². The fraction of sp³-hybridized carbons (Fsp3) is 0.667. The molecule has 21 heteroatoms. The summed E-state index contributed by atoms with van der Waals surface area (Å²) in [5, 5.41) is 25.2. The number of Topliss-reactive ketones (excluding diaryl/α,β-unsaturated/α-hetero) is 3. The van der Waals surface area contributed by atoms with Crippen LogP contribution in [0.5, 0.6) is 0 Å². The molecule has 6 N–H and O–H groups in total. The van der Waals surface area contributed by atoms with Crippen molar-refractivity contribution in [3.63, 3.8) is 0 Å². The summed E-state index contributed by atoms with van der Waals surface area (Å²) in [5.74, 6) is -2.64. The summed E-state index contributed by atoms with van der Waals surface area (Å²) < 4.78 is 6.38. The predicted molar refractivity (Wildman–Crippen MR) is 289 cm³/mol. The van der Waals surface area contributed by atoms with Crippen molar-refractivity contribution in [1.29, 1.82) is 0 Å². The molecule has 0 bridgehead atoms. The summed E-state index contributed by atoms with van der Waals surface area (Å²) in [6.07, 6.45) is 5.17. The van der Waals surface area contributed by atoms with E-state index in [0.29, 0.717) is 49.7 Å². The van der Waals surface area contributed by atoms with E-state index in [1.165, 1.54) is 11.3 Å². The van der Waals surface area contributed by atoms with E-state index in [1.54, 1.807) is 17.5 Å². The average molecular weight is 1060 g/mol. The molecule has 0 aliphatic carbocycles. The Morgan fingerprint density at radius 1 is 0.880 bits per heavy atom. The minimum absolute atomic E-state index is 0.0145. The van der Waals surface area contributed by atoms with Crippen LogP contribution in [0.4, 0.5) is 5.69 Å². The Kier molecular flexibility index (Phi) is 26.5. The third-order valence-electron chi connectivity index (χ3n) is 14.1. The van der Waals surface area contributed by atoms with Crippen LogP contribution in [0.15, 0.2) is 45.1 Å². The highest BCUT2D eigenvalue weighted by molar-refractivity contribution is 7.09. The van der Waals surface area contributed by atoms with Gasteiger partial charge >= 0.3 is 0 Å². The molecule has 1 saturated heterocycles. The Bertz CT molecular complexity index is 2290. The number of piperidine rings is 1. The summed E-state index contributed by atoms with van der Waals surface area (Å²) in [5.41, 5.74) is 7.67. The predicted octanol–water partition coefficient (Wildman–Crippen LogP) is 6.00. The maximum Gasteiger partial charge on any atom is 0.270 e. The summed E-state index contributed by atoms with van der Waals surface area (Å²) in [7, 11) is 2.01. The van der Waals surface area contributed by atoms with E-state index in [9.17, 15) is 38.4 Å². The molecule has 2 aromatic rings. The zero-order valence-electron chi connectivity index (χ0n) is 45.5. The monoisotopic (exact) mass is 1060 g/mol. The van der Waals surface area contributed by atoms with Crippen LogP contribution in [-0.2, 0) is 44.7 Å². The van der Waals surface area contributed by atoms with E-state index in [1.807, 2.05) is 37.9 Å². The Balaban J connectivity index is 1.40. The number of anilines is 1. The van der Waals surface area contributed by atoms with Crippen molar-refractivity contribution in [3.05, 3.63) is 45.9 Å². The molecular formula is C54H83N11O9S. The van der Waals surface area contributed by atoms with Crippen LogP contribution in [0.2, 0.25) is 0 Å². The van der Waals surface area contributed by atoms with E-state index >= 15 is 0 Å². The van der Waals surface area contributed by atoms with Gasteiger partial charge < -0.3 is 36.6 Å². The number of nitrogens with one attached hydrogen (secondary N) is 4. The molecule has 1 aromatic carbocycles. The van der Waals surface area contributed by atoms with Gasteiger partial charge in [-0.1, -0.05) is 66.5 Å². The highest BCUT2D eigenvalue weighted by Crippen LogP contribution is 2.34. The molecule has 20 nitrogen and oxygen atoms in total. The average Bonchev–Trinajstić information content (AvgIpc) is 4.13. The SMILES string of the molecule is CCCN(C(=O)[C@@H](CC(=O)[C@H]1CCCCN1C)[C@@H](C)CC)[C@H](C[C@@H](OCC)c1nc(C(=O)N[C@@H](Cc2ccc(NC(=O)CCC(=O)CNC(=O)CCC(=O)CNC(=O)CN)cc2)C[C@H](C)C2=NN=NC2)cs1)C(C)C. The highest BCUT2D eigenvalue weighted by Gasteiger charge is 2.38. The number of ether oxygens (including phenoxy) is 1. The normalized spacial score (nSPS) is 17.0. The Morgan fingerprint density at radius 2 is 1.56 bits per heavy atom. The second-order valence-electron chi connectivity index (χ2n) is 20.3. The van der Waals surface area contributed by atoms with Crippen molar-refractivity contribution < 1.29 is 43.1 Å². The number of ketones is 3. The summed E-state index contributed by atoms with van der Waals surface area (Å²) in [4.78, 5) is 112. The molecule has 414 valence electrons. The third-order valence-corrected chi connectivity index (χ3v) is 15.1. The number of nitrogens with two attached hydrogens (primary N) is 1. The first-order valence-electron chi connectivity index (χ1n) is 26.9. The maximum absolute atomic E-state index is 14.8. The lowest BCUT2D eigenvalue weighted by atomic mass is 9.82. The lowest BCUT2D eigenvalue weighted by Gasteiger charge is -2.40. The zero-order chi connectivity index (χ0) is 55.0. The van der Waals surface area contributed by atoms with Gasteiger partial charge in [-0.15, -0.1) is 16.4 Å². The molecule has 0 radical (unpaired) electrons. The number of hydrogen-bond acceptors (Lipinski definition) is 16. The number of likely N-dealkylation sites (N-methyl/N-ethyl adjacent to an activating group) is 1. The minimum atomic E-state index is -0.499. The number of aromatic nitrogens is 1. The van der Waals surface area contributed by atoms with Crippen LogP contribution >= 0.6 is 11.3 Å². The first-order chi connectivity index (χ1) is 35.9. The number of likely N-dealkylation sites (tertiary alicyclic amines) is 1. The summed E-state index contributed by atoms with van der Waals surface area (Å²) in [6.45, 7) is 15.9. The van der Waals surface area contributed by atoms with E-state index in [2.05, 4.69) is 76.2 Å². The Labute approximate surface area is 447 Å². The molecule has 7 atom stereocenters. The second kappa shape index (κ2) is 32.1. The van der Waals surface area contributed by atoms with Crippen LogP contribution < -0.4 is 27.0 Å². The third kappa shape index (κ3) is 20.4. The Hall–Kier alpha value is -5.64. The van der Waals surface area contributed by atoms with Gasteiger partial charge in [-0.2, -0.15) is 5.11 Å². The molecule has 0 unspecified atom stereocenters. The topological polar surface area (TPSA) is 276 Å². The number of amides is 5. The molecule has 1 fully saturated rings. The minimum Gasteiger partial charge on any atom is -0.371 e. The van der Waals surface area contributed by atoms with Crippen LogP contribution in [0.3, 0.4) is 0 Å². The van der Waals surface area contributed by atoms with Gasteiger partial charge in [0.2, 0.25) is 23.6 Å². The highest BCUT2D eigenvalue weighted by atomic mass is 32.1. The molecule has 1 aromatic heterocycles. The van der Waals surface area contributed by atoms with Gasteiger partial charge in [0.1, 0.15) is 23.4 Å². The number of rotatable bonds is 34. The van der Waals surface area contributed by atoms with E-state index in [4.69, 9.17) is 15.5 Å². The number of benzene rings is 1. The molecule has 2 aliphatic heterocycles. The largest absolute Gasteiger partial charge is 0.371 e. The smallest absolute Gasteiger partial charge is 0.270 e. The van der Waals surface area contributed by atoms with Gasteiger partial charge in [0.05, 0.1) is 31.4 Å². The molecular weight excluding hydrogens is 979 g/mol. The van der Waals surface area contributed by atoms with Crippen molar-refractivity contribution in [2.45, 2.75) is 156 Å². The molecule has 5 amide bonds. The molecule has 2 aliphatic rings. The van der Waals surface area contributed by atoms with Crippen LogP contribution in [0.1, 0.15) is 153 Å². The van der Waals surface area contributed by atoms with Gasteiger partial charge in [-0.05, 0) is 87.4 Å². The van der Waals surface area contributed by atoms with E-state index < -0.39 is 23.8 Å². The number of nitrogens with zero attached hydrogens (tertiary/aromatic N) is 6. The summed E-state index contributed by atoms with van der Waals surface area (Å²) in [6, 6.07) is 6.49. The van der Waals surface area contributed by atoms with E-state index in [0.717, 1.165) is 49.9 Å². The van der Waals surface area contributed by atoms with Crippen molar-refractivity contribution in [1.82, 2.24) is 30.7 Å². The van der Waals surface area contributed by atoms with Crippen LogP contribution in [0, 0.1) is 23.7 Å². The molecule has 0 saturated carbocycles. The van der Waals surface area contributed by atoms with Crippen molar-refractivity contribution in [2.75, 3.05) is 58.2 Å². The first kappa shape index (κ1) is 61.9. The number of carbonyl (C=O) groups excluding carboxylic acids is 8. The first-order valence-corrected chi connectivity index (χ1v) is 27.8. The van der Waals surface area contributed by atoms with Crippen LogP contribution in [-0.4, -0.2) is 138 Å². The molecule has 75 heavy (non-hydrogen) atoms. The molecule has 4 rings (SSSR count). The summed E-state index contributed by atoms with van der Waals surface area (Å²) >= 11 is 1.35. The Morgan fingerprint density at radius 3 is 2.16 bits per heavy atom. The number of hydrogen-bond donors (Lipinski definition) is 5. The maximum atomic E-state index is 14.8. The second-order valence-corrected chi connectivity index (χ2v) is 21.2. The van der Waals surface area contributed by atoms with Crippen LogP contribution in [0.25, 0.3) is 0 Å². The van der Waals surface area contributed by atoms with Gasteiger partial charge in [0.15, 0.2) is 17.3 Å². The van der Waals surface area contributed by atoms with E-state index in [-0.39, 0.29) is 128 Å². The molecule has 3 heterocycles. The van der Waals surface area contributed by atoms with Gasteiger partial charge in [-0.3, -0.25) is 43.3 Å². The zero-order valence-corrected chi connectivity index (χ0v) is 46.3. The number of thiazole rings is 1. The van der Waals surface area contributed by atoms with Crippen molar-refractivity contribution in [2.24, 2.45) is 44.8 Å². The van der Waals surface area contributed by atoms with Gasteiger partial charge in [0, 0.05) is 86.7 Å². The molecule has 0 spiro atoms. The van der Waals surface area contributed by atoms with Crippen molar-refractivity contribution >= 4 is 69.6 Å². The lowest BCUT2D eigenvalue weighted by Crippen LogP contribution is -2.50. The fourth-order valence-electron chi connectivity index (χ4n) is 9.47. The number of carbonyl (C=O) groups is 8. The van der Waals surface area contributed by atoms with Gasteiger partial charge in [0.25, 0.3) is 5.91 Å².